The van der Waals surface area contributed by atoms with Crippen molar-refractivity contribution in [3.8, 4) is 5.75 Å². The Balaban J connectivity index is 2.02. The van der Waals surface area contributed by atoms with Gasteiger partial charge in [0.15, 0.2) is 0 Å². The Morgan fingerprint density at radius 2 is 1.86 bits per heavy atom. The van der Waals surface area contributed by atoms with Crippen molar-refractivity contribution in [3.63, 3.8) is 0 Å². The minimum Gasteiger partial charge on any atom is -0.497 e. The zero-order valence-corrected chi connectivity index (χ0v) is 13.7. The van der Waals surface area contributed by atoms with E-state index in [1.165, 1.54) is 4.90 Å². The molecule has 0 aromatic heterocycles. The molecular weight excluding hydrogens is 280 g/mol. The molecule has 1 heterocycles. The van der Waals surface area contributed by atoms with E-state index in [-0.39, 0.29) is 17.9 Å². The van der Waals surface area contributed by atoms with E-state index in [2.05, 4.69) is 5.32 Å². The maximum absolute atomic E-state index is 12.5. The van der Waals surface area contributed by atoms with Crippen molar-refractivity contribution in [3.05, 3.63) is 29.8 Å². The molecule has 1 fully saturated rings. The second-order valence-corrected chi connectivity index (χ2v) is 6.42. The number of urea groups is 1. The molecule has 0 unspecified atom stereocenters. The number of aryl methyl sites for hydroxylation is 1. The number of carbonyl (C=O) groups excluding carboxylic acids is 2. The molecule has 2 rings (SSSR count). The molecule has 1 aliphatic rings. The number of nitrogens with zero attached hydrogens (tertiary/aromatic N) is 1. The standard InChI is InChI=1S/C17H24N2O3/c1-12(2)11-19-15(20)17(3,18-16(19)21)10-9-13-5-7-14(22-4)8-6-13/h5-8,12H,9-11H2,1-4H3,(H,18,21)/t17-/m1/s1. The summed E-state index contributed by atoms with van der Waals surface area (Å²) in [4.78, 5) is 25.9. The minimum absolute atomic E-state index is 0.125. The van der Waals surface area contributed by atoms with Gasteiger partial charge in [-0.1, -0.05) is 26.0 Å². The number of imide groups is 1. The third-order valence-corrected chi connectivity index (χ3v) is 3.97. The highest BCUT2D eigenvalue weighted by atomic mass is 16.5. The van der Waals surface area contributed by atoms with E-state index in [0.29, 0.717) is 13.0 Å². The largest absolute Gasteiger partial charge is 0.497 e. The number of methoxy groups -OCH3 is 1. The average molecular weight is 304 g/mol. The minimum atomic E-state index is -0.814. The summed E-state index contributed by atoms with van der Waals surface area (Å²) < 4.78 is 5.13. The first-order valence-electron chi connectivity index (χ1n) is 7.63. The van der Waals surface area contributed by atoms with Gasteiger partial charge in [-0.3, -0.25) is 9.69 Å². The molecule has 0 spiro atoms. The molecule has 22 heavy (non-hydrogen) atoms. The molecule has 0 aliphatic carbocycles. The first-order chi connectivity index (χ1) is 10.4. The third kappa shape index (κ3) is 3.40. The molecular formula is C17H24N2O3. The van der Waals surface area contributed by atoms with E-state index in [9.17, 15) is 9.59 Å². The van der Waals surface area contributed by atoms with Crippen LogP contribution in [0.5, 0.6) is 5.75 Å². The van der Waals surface area contributed by atoms with Crippen molar-refractivity contribution in [1.29, 1.82) is 0 Å². The zero-order valence-electron chi connectivity index (χ0n) is 13.7. The molecule has 5 heteroatoms. The van der Waals surface area contributed by atoms with Crippen LogP contribution in [0.15, 0.2) is 24.3 Å². The maximum atomic E-state index is 12.5. The number of nitrogens with one attached hydrogen (secondary N) is 1. The quantitative estimate of drug-likeness (QED) is 0.822. The highest BCUT2D eigenvalue weighted by molar-refractivity contribution is 6.06. The summed E-state index contributed by atoms with van der Waals surface area (Å²) in [5, 5.41) is 2.84. The Bertz CT molecular complexity index is 554. The van der Waals surface area contributed by atoms with Gasteiger partial charge >= 0.3 is 6.03 Å². The predicted molar refractivity (Wildman–Crippen MR) is 84.8 cm³/mol. The lowest BCUT2D eigenvalue weighted by molar-refractivity contribution is -0.131. The Hall–Kier alpha value is -2.04. The van der Waals surface area contributed by atoms with Gasteiger partial charge in [0.05, 0.1) is 7.11 Å². The van der Waals surface area contributed by atoms with Crippen molar-refractivity contribution >= 4 is 11.9 Å². The van der Waals surface area contributed by atoms with E-state index in [0.717, 1.165) is 17.7 Å². The normalized spacial score (nSPS) is 21.4. The molecule has 1 saturated heterocycles. The van der Waals surface area contributed by atoms with Crippen molar-refractivity contribution in [2.75, 3.05) is 13.7 Å². The van der Waals surface area contributed by atoms with Crippen LogP contribution >= 0.6 is 0 Å². The van der Waals surface area contributed by atoms with Gasteiger partial charge in [-0.15, -0.1) is 0 Å². The number of benzene rings is 1. The number of carbonyl (C=O) groups is 2. The number of hydrogen-bond acceptors (Lipinski definition) is 3. The molecule has 0 bridgehead atoms. The van der Waals surface area contributed by atoms with Gasteiger partial charge in [-0.05, 0) is 43.4 Å². The van der Waals surface area contributed by atoms with Crippen LogP contribution in [0.3, 0.4) is 0 Å². The second kappa shape index (κ2) is 6.38. The molecule has 1 aromatic carbocycles. The summed E-state index contributed by atoms with van der Waals surface area (Å²) in [6.07, 6.45) is 1.31. The molecule has 0 radical (unpaired) electrons. The number of ether oxygens (including phenoxy) is 1. The summed E-state index contributed by atoms with van der Waals surface area (Å²) in [5.41, 5.74) is 0.303. The predicted octanol–water partition coefficient (Wildman–Crippen LogP) is 2.59. The fourth-order valence-corrected chi connectivity index (χ4v) is 2.63. The molecule has 0 saturated carbocycles. The summed E-state index contributed by atoms with van der Waals surface area (Å²) >= 11 is 0. The van der Waals surface area contributed by atoms with Crippen LogP contribution in [0, 0.1) is 5.92 Å². The van der Waals surface area contributed by atoms with Gasteiger partial charge < -0.3 is 10.1 Å². The first-order valence-corrected chi connectivity index (χ1v) is 7.63. The van der Waals surface area contributed by atoms with Crippen LogP contribution in [0.1, 0.15) is 32.8 Å². The van der Waals surface area contributed by atoms with Crippen LogP contribution in [-0.2, 0) is 11.2 Å². The first kappa shape index (κ1) is 16.3. The van der Waals surface area contributed by atoms with Crippen molar-refractivity contribution < 1.29 is 14.3 Å². The van der Waals surface area contributed by atoms with E-state index < -0.39 is 5.54 Å². The fourth-order valence-electron chi connectivity index (χ4n) is 2.63. The summed E-state index contributed by atoms with van der Waals surface area (Å²) in [5.74, 6) is 0.946. The second-order valence-electron chi connectivity index (χ2n) is 6.42. The highest BCUT2D eigenvalue weighted by Gasteiger charge is 2.47. The molecule has 1 N–H and O–H groups in total. The van der Waals surface area contributed by atoms with Crippen LogP contribution in [0.2, 0.25) is 0 Å². The van der Waals surface area contributed by atoms with Crippen molar-refractivity contribution in [1.82, 2.24) is 10.2 Å². The smallest absolute Gasteiger partial charge is 0.325 e. The van der Waals surface area contributed by atoms with Gasteiger partial charge in [0.25, 0.3) is 5.91 Å². The van der Waals surface area contributed by atoms with Gasteiger partial charge in [0.2, 0.25) is 0 Å². The van der Waals surface area contributed by atoms with Gasteiger partial charge in [0.1, 0.15) is 11.3 Å². The van der Waals surface area contributed by atoms with E-state index in [4.69, 9.17) is 4.74 Å². The summed E-state index contributed by atoms with van der Waals surface area (Å²) in [7, 11) is 1.63. The topological polar surface area (TPSA) is 58.6 Å². The summed E-state index contributed by atoms with van der Waals surface area (Å²) in [6, 6.07) is 7.48. The lowest BCUT2D eigenvalue weighted by Gasteiger charge is -2.22. The highest BCUT2D eigenvalue weighted by Crippen LogP contribution is 2.24. The van der Waals surface area contributed by atoms with Crippen molar-refractivity contribution in [2.24, 2.45) is 5.92 Å². The lowest BCUT2D eigenvalue weighted by Crippen LogP contribution is -2.44. The Morgan fingerprint density at radius 3 is 2.41 bits per heavy atom. The van der Waals surface area contributed by atoms with E-state index in [1.807, 2.05) is 38.1 Å². The maximum Gasteiger partial charge on any atom is 0.325 e. The molecule has 120 valence electrons. The molecule has 1 atom stereocenters. The molecule has 5 nitrogen and oxygen atoms in total. The van der Waals surface area contributed by atoms with Gasteiger partial charge in [0, 0.05) is 6.54 Å². The SMILES string of the molecule is COc1ccc(CC[C@@]2(C)NC(=O)N(CC(C)C)C2=O)cc1. The number of amides is 3. The average Bonchev–Trinajstić information content (AvgIpc) is 2.69. The molecule has 3 amide bonds. The van der Waals surface area contributed by atoms with Gasteiger partial charge in [-0.25, -0.2) is 4.79 Å². The van der Waals surface area contributed by atoms with E-state index in [1.54, 1.807) is 14.0 Å². The number of hydrogen-bond donors (Lipinski definition) is 1. The zero-order chi connectivity index (χ0) is 16.3. The van der Waals surface area contributed by atoms with Crippen LogP contribution in [0.4, 0.5) is 4.79 Å². The lowest BCUT2D eigenvalue weighted by atomic mass is 9.93. The van der Waals surface area contributed by atoms with Gasteiger partial charge in [-0.2, -0.15) is 0 Å². The Morgan fingerprint density at radius 1 is 1.23 bits per heavy atom. The van der Waals surface area contributed by atoms with Crippen LogP contribution < -0.4 is 10.1 Å². The summed E-state index contributed by atoms with van der Waals surface area (Å²) in [6.45, 7) is 6.25. The fraction of sp³-hybridized carbons (Fsp3) is 0.529. The van der Waals surface area contributed by atoms with Crippen LogP contribution in [0.25, 0.3) is 0 Å². The van der Waals surface area contributed by atoms with Crippen molar-refractivity contribution in [2.45, 2.75) is 39.2 Å². The number of rotatable bonds is 6. The van der Waals surface area contributed by atoms with E-state index >= 15 is 0 Å². The Kier molecular flexibility index (Phi) is 4.74. The molecule has 1 aromatic rings. The molecule has 1 aliphatic heterocycles. The Labute approximate surface area is 131 Å². The monoisotopic (exact) mass is 304 g/mol. The van der Waals surface area contributed by atoms with Crippen LogP contribution in [-0.4, -0.2) is 36.0 Å². The third-order valence-electron chi connectivity index (χ3n) is 3.97.